The van der Waals surface area contributed by atoms with Gasteiger partial charge in [-0.05, 0) is 12.8 Å². The van der Waals surface area contributed by atoms with Crippen LogP contribution in [0.4, 0.5) is 17.6 Å². The van der Waals surface area contributed by atoms with Gasteiger partial charge in [-0.3, -0.25) is 10.4 Å². The van der Waals surface area contributed by atoms with E-state index in [2.05, 4.69) is 20.3 Å². The second kappa shape index (κ2) is 5.74. The molecule has 0 spiro atoms. The Morgan fingerprint density at radius 3 is 2.40 bits per heavy atom. The highest BCUT2D eigenvalue weighted by atomic mass is 35.5. The Hall–Kier alpha value is -2.35. The summed E-state index contributed by atoms with van der Waals surface area (Å²) in [4.78, 5) is 12.2. The van der Waals surface area contributed by atoms with Gasteiger partial charge in [0.1, 0.15) is 16.8 Å². The quantitative estimate of drug-likeness (QED) is 0.503. The molecule has 0 amide bonds. The number of rotatable bonds is 5. The van der Waals surface area contributed by atoms with Gasteiger partial charge >= 0.3 is 0 Å². The number of hydrogen-bond acceptors (Lipinski definition) is 8. The molecule has 9 heteroatoms. The minimum absolute atomic E-state index is 0.0236. The van der Waals surface area contributed by atoms with Crippen molar-refractivity contribution in [3.05, 3.63) is 17.5 Å². The molecule has 1 aromatic rings. The summed E-state index contributed by atoms with van der Waals surface area (Å²) in [5.41, 5.74) is 17.5. The van der Waals surface area contributed by atoms with Gasteiger partial charge in [-0.25, -0.2) is 0 Å². The maximum absolute atomic E-state index is 7.34. The zero-order chi connectivity index (χ0) is 14.7. The Bertz CT molecular complexity index is 567. The van der Waals surface area contributed by atoms with E-state index in [1.54, 1.807) is 6.21 Å². The summed E-state index contributed by atoms with van der Waals surface area (Å²) in [6.45, 7) is 0. The molecule has 1 aromatic heterocycles. The van der Waals surface area contributed by atoms with Crippen LogP contribution in [-0.2, 0) is 0 Å². The standard InChI is InChI=1S/C11H15ClN8/c12-8(14)7-9(15)19-11(20-10(7)16)18-6(3-13)4-17-5-1-2-5/h3-5,14H,1-2,13H2,(H5,15,16,18,19,20). The van der Waals surface area contributed by atoms with Crippen LogP contribution in [0.3, 0.4) is 0 Å². The van der Waals surface area contributed by atoms with Crippen molar-refractivity contribution in [3.8, 4) is 0 Å². The molecule has 106 valence electrons. The molecule has 1 heterocycles. The predicted molar refractivity (Wildman–Crippen MR) is 80.9 cm³/mol. The Balaban J connectivity index is 2.18. The molecule has 1 aliphatic rings. The van der Waals surface area contributed by atoms with E-state index in [-0.39, 0.29) is 28.3 Å². The minimum atomic E-state index is -0.309. The monoisotopic (exact) mass is 294 g/mol. The Kier molecular flexibility index (Phi) is 4.04. The van der Waals surface area contributed by atoms with E-state index in [1.807, 2.05) is 0 Å². The number of aromatic nitrogens is 2. The zero-order valence-electron chi connectivity index (χ0n) is 10.6. The fourth-order valence-corrected chi connectivity index (χ4v) is 1.63. The predicted octanol–water partition coefficient (Wildman–Crippen LogP) is 0.650. The van der Waals surface area contributed by atoms with Gasteiger partial charge < -0.3 is 22.5 Å². The summed E-state index contributed by atoms with van der Waals surface area (Å²) in [5.74, 6) is 0.214. The first-order chi connectivity index (χ1) is 9.51. The van der Waals surface area contributed by atoms with Crippen LogP contribution in [0.15, 0.2) is 16.9 Å². The number of anilines is 3. The van der Waals surface area contributed by atoms with Gasteiger partial charge in [-0.1, -0.05) is 11.6 Å². The lowest BCUT2D eigenvalue weighted by Crippen LogP contribution is -2.13. The molecule has 0 atom stereocenters. The number of nitrogens with one attached hydrogen (secondary N) is 2. The lowest BCUT2D eigenvalue weighted by Gasteiger charge is -2.09. The van der Waals surface area contributed by atoms with E-state index in [0.717, 1.165) is 12.8 Å². The first-order valence-corrected chi connectivity index (χ1v) is 6.28. The topological polar surface area (TPSA) is 152 Å². The summed E-state index contributed by atoms with van der Waals surface area (Å²) in [6.07, 6.45) is 5.15. The van der Waals surface area contributed by atoms with Gasteiger partial charge in [0.2, 0.25) is 5.95 Å². The van der Waals surface area contributed by atoms with Crippen molar-refractivity contribution in [1.29, 1.82) is 5.41 Å². The van der Waals surface area contributed by atoms with Crippen molar-refractivity contribution in [2.75, 3.05) is 16.8 Å². The van der Waals surface area contributed by atoms with E-state index in [9.17, 15) is 0 Å². The van der Waals surface area contributed by atoms with Crippen molar-refractivity contribution >= 4 is 40.6 Å². The van der Waals surface area contributed by atoms with Gasteiger partial charge in [0.25, 0.3) is 0 Å². The molecule has 0 aliphatic heterocycles. The average Bonchev–Trinajstić information content (AvgIpc) is 3.17. The van der Waals surface area contributed by atoms with E-state index < -0.39 is 0 Å². The first-order valence-electron chi connectivity index (χ1n) is 5.90. The van der Waals surface area contributed by atoms with Gasteiger partial charge in [0.15, 0.2) is 0 Å². The molecule has 0 radical (unpaired) electrons. The Labute approximate surface area is 120 Å². The second-order valence-electron chi connectivity index (χ2n) is 4.26. The molecule has 8 N–H and O–H groups in total. The number of hydrogen-bond donors (Lipinski definition) is 5. The van der Waals surface area contributed by atoms with Gasteiger partial charge in [-0.15, -0.1) is 0 Å². The molecule has 20 heavy (non-hydrogen) atoms. The maximum Gasteiger partial charge on any atom is 0.231 e. The number of aliphatic imine (C=N–C) groups is 1. The smallest absolute Gasteiger partial charge is 0.231 e. The fourth-order valence-electron chi connectivity index (χ4n) is 1.43. The van der Waals surface area contributed by atoms with Gasteiger partial charge in [0.05, 0.1) is 17.3 Å². The molecule has 0 aromatic carbocycles. The van der Waals surface area contributed by atoms with Crippen molar-refractivity contribution in [2.24, 2.45) is 10.7 Å². The largest absolute Gasteiger partial charge is 0.403 e. The van der Waals surface area contributed by atoms with Gasteiger partial charge in [-0.2, -0.15) is 9.97 Å². The van der Waals surface area contributed by atoms with E-state index in [1.165, 1.54) is 6.20 Å². The fraction of sp³-hybridized carbons (Fsp3) is 0.273. The number of nitrogens with zero attached hydrogens (tertiary/aromatic N) is 3. The molecule has 1 saturated carbocycles. The number of allylic oxidation sites excluding steroid dienone is 1. The van der Waals surface area contributed by atoms with Crippen LogP contribution in [0.25, 0.3) is 0 Å². The van der Waals surface area contributed by atoms with Crippen LogP contribution < -0.4 is 22.5 Å². The number of nitrogens with two attached hydrogens (primary N) is 3. The van der Waals surface area contributed by atoms with Crippen LogP contribution in [0.5, 0.6) is 0 Å². The first kappa shape index (κ1) is 14.1. The Morgan fingerprint density at radius 1 is 1.35 bits per heavy atom. The third-order valence-electron chi connectivity index (χ3n) is 2.59. The normalized spacial score (nSPS) is 15.6. The van der Waals surface area contributed by atoms with Crippen molar-refractivity contribution < 1.29 is 0 Å². The molecule has 1 aliphatic carbocycles. The van der Waals surface area contributed by atoms with Crippen LogP contribution in [0.2, 0.25) is 0 Å². The molecule has 0 bridgehead atoms. The molecule has 1 fully saturated rings. The molecule has 0 saturated heterocycles. The SMILES string of the molecule is N=C(Cl)c1c(N)nc(NC(C=NC2CC2)=CN)nc1N. The zero-order valence-corrected chi connectivity index (χ0v) is 11.4. The van der Waals surface area contributed by atoms with E-state index >= 15 is 0 Å². The minimum Gasteiger partial charge on any atom is -0.403 e. The lowest BCUT2D eigenvalue weighted by molar-refractivity contribution is 1.07. The lowest BCUT2D eigenvalue weighted by atomic mass is 10.3. The highest BCUT2D eigenvalue weighted by Crippen LogP contribution is 2.23. The summed E-state index contributed by atoms with van der Waals surface area (Å²) < 4.78 is 0. The van der Waals surface area contributed by atoms with Crippen LogP contribution in [0.1, 0.15) is 18.4 Å². The van der Waals surface area contributed by atoms with Crippen molar-refractivity contribution in [1.82, 2.24) is 9.97 Å². The van der Waals surface area contributed by atoms with Crippen molar-refractivity contribution in [2.45, 2.75) is 18.9 Å². The summed E-state index contributed by atoms with van der Waals surface area (Å²) in [7, 11) is 0. The van der Waals surface area contributed by atoms with Crippen LogP contribution >= 0.6 is 11.6 Å². The van der Waals surface area contributed by atoms with Crippen LogP contribution in [0, 0.1) is 5.41 Å². The average molecular weight is 295 g/mol. The highest BCUT2D eigenvalue weighted by Gasteiger charge is 2.19. The third-order valence-corrected chi connectivity index (χ3v) is 2.78. The van der Waals surface area contributed by atoms with Gasteiger partial charge in [0, 0.05) is 12.4 Å². The summed E-state index contributed by atoms with van der Waals surface area (Å²) >= 11 is 5.56. The molecular formula is C11H15ClN8. The second-order valence-corrected chi connectivity index (χ2v) is 4.64. The van der Waals surface area contributed by atoms with Crippen LogP contribution in [-0.4, -0.2) is 27.4 Å². The summed E-state index contributed by atoms with van der Waals surface area (Å²) in [6, 6.07) is 0.377. The number of nitrogen functional groups attached to an aromatic ring is 2. The van der Waals surface area contributed by atoms with E-state index in [4.69, 9.17) is 34.2 Å². The molecular weight excluding hydrogens is 280 g/mol. The molecule has 2 rings (SSSR count). The summed E-state index contributed by atoms with van der Waals surface area (Å²) in [5, 5.41) is 9.88. The Morgan fingerprint density at radius 2 is 1.95 bits per heavy atom. The third kappa shape index (κ3) is 3.35. The molecule has 8 nitrogen and oxygen atoms in total. The maximum atomic E-state index is 7.34. The number of halogens is 1. The van der Waals surface area contributed by atoms with E-state index in [0.29, 0.717) is 11.7 Å². The highest BCUT2D eigenvalue weighted by molar-refractivity contribution is 6.69. The molecule has 0 unspecified atom stereocenters. The van der Waals surface area contributed by atoms with Crippen molar-refractivity contribution in [3.63, 3.8) is 0 Å².